The molecule has 0 fully saturated rings. The van der Waals surface area contributed by atoms with E-state index in [-0.39, 0.29) is 11.6 Å². The van der Waals surface area contributed by atoms with Crippen LogP contribution in [0, 0.1) is 10.1 Å². The van der Waals surface area contributed by atoms with E-state index in [0.29, 0.717) is 18.8 Å². The molecular formula is C21H17N5O3. The van der Waals surface area contributed by atoms with Gasteiger partial charge in [0.15, 0.2) is 5.69 Å². The van der Waals surface area contributed by atoms with Gasteiger partial charge in [-0.25, -0.2) is 0 Å². The number of rotatable bonds is 6. The van der Waals surface area contributed by atoms with Gasteiger partial charge in [0.2, 0.25) is 0 Å². The quantitative estimate of drug-likeness (QED) is 0.404. The predicted molar refractivity (Wildman–Crippen MR) is 107 cm³/mol. The van der Waals surface area contributed by atoms with Gasteiger partial charge in [0, 0.05) is 36.5 Å². The fraction of sp³-hybridized carbons (Fsp3) is 0.0952. The Morgan fingerprint density at radius 1 is 1.03 bits per heavy atom. The highest BCUT2D eigenvalue weighted by Crippen LogP contribution is 2.20. The van der Waals surface area contributed by atoms with E-state index < -0.39 is 4.92 Å². The Labute approximate surface area is 166 Å². The Bertz CT molecular complexity index is 1170. The van der Waals surface area contributed by atoms with Gasteiger partial charge < -0.3 is 5.32 Å². The summed E-state index contributed by atoms with van der Waals surface area (Å²) in [5.74, 6) is -0.271. The first-order chi connectivity index (χ1) is 14.1. The van der Waals surface area contributed by atoms with E-state index in [2.05, 4.69) is 15.4 Å². The molecular weight excluding hydrogens is 370 g/mol. The number of pyridine rings is 1. The normalized spacial score (nSPS) is 10.8. The zero-order valence-electron chi connectivity index (χ0n) is 15.4. The SMILES string of the molecule is O=C(NCc1cccnc1)c1nn(Cc2ccc([N+](=O)[O-])cc2)c2ccccc12. The number of carbonyl (C=O) groups excluding carboxylic acids is 1. The van der Waals surface area contributed by atoms with Crippen molar-refractivity contribution in [1.82, 2.24) is 20.1 Å². The zero-order valence-corrected chi connectivity index (χ0v) is 15.4. The van der Waals surface area contributed by atoms with Crippen LogP contribution in [-0.4, -0.2) is 25.6 Å². The molecule has 8 heteroatoms. The maximum Gasteiger partial charge on any atom is 0.272 e. The molecule has 4 aromatic rings. The highest BCUT2D eigenvalue weighted by atomic mass is 16.6. The van der Waals surface area contributed by atoms with Crippen molar-refractivity contribution in [3.63, 3.8) is 0 Å². The smallest absolute Gasteiger partial charge is 0.272 e. The molecule has 2 aromatic heterocycles. The Morgan fingerprint density at radius 2 is 1.83 bits per heavy atom. The lowest BCUT2D eigenvalue weighted by Gasteiger charge is -2.04. The van der Waals surface area contributed by atoms with Gasteiger partial charge >= 0.3 is 0 Å². The molecule has 29 heavy (non-hydrogen) atoms. The Kier molecular flexibility index (Phi) is 4.98. The van der Waals surface area contributed by atoms with Crippen LogP contribution in [0.2, 0.25) is 0 Å². The number of nitrogens with zero attached hydrogens (tertiary/aromatic N) is 4. The van der Waals surface area contributed by atoms with Gasteiger partial charge in [-0.1, -0.05) is 36.4 Å². The molecule has 0 radical (unpaired) electrons. The summed E-state index contributed by atoms with van der Waals surface area (Å²) in [5, 5.41) is 19.0. The molecule has 2 aromatic carbocycles. The van der Waals surface area contributed by atoms with Gasteiger partial charge in [-0.2, -0.15) is 5.10 Å². The number of nitrogens with one attached hydrogen (secondary N) is 1. The van der Waals surface area contributed by atoms with E-state index in [0.717, 1.165) is 22.0 Å². The molecule has 0 unspecified atom stereocenters. The van der Waals surface area contributed by atoms with Gasteiger partial charge in [-0.15, -0.1) is 0 Å². The summed E-state index contributed by atoms with van der Waals surface area (Å²) in [5.41, 5.74) is 2.94. The topological polar surface area (TPSA) is 103 Å². The first kappa shape index (κ1) is 18.3. The maximum atomic E-state index is 12.7. The van der Waals surface area contributed by atoms with E-state index in [9.17, 15) is 14.9 Å². The summed E-state index contributed by atoms with van der Waals surface area (Å²) in [6.07, 6.45) is 3.38. The Balaban J connectivity index is 1.59. The number of hydrogen-bond donors (Lipinski definition) is 1. The summed E-state index contributed by atoms with van der Waals surface area (Å²) >= 11 is 0. The molecule has 0 bridgehead atoms. The van der Waals surface area contributed by atoms with Crippen LogP contribution in [0.5, 0.6) is 0 Å². The summed E-state index contributed by atoms with van der Waals surface area (Å²) in [4.78, 5) is 27.2. The van der Waals surface area contributed by atoms with Crippen molar-refractivity contribution in [1.29, 1.82) is 0 Å². The summed E-state index contributed by atoms with van der Waals surface area (Å²) in [7, 11) is 0. The lowest BCUT2D eigenvalue weighted by molar-refractivity contribution is -0.384. The average Bonchev–Trinajstić information content (AvgIpc) is 3.12. The minimum absolute atomic E-state index is 0.0366. The van der Waals surface area contributed by atoms with Crippen molar-refractivity contribution >= 4 is 22.5 Å². The molecule has 1 amide bonds. The monoisotopic (exact) mass is 387 g/mol. The van der Waals surface area contributed by atoms with Crippen LogP contribution in [-0.2, 0) is 13.1 Å². The zero-order chi connectivity index (χ0) is 20.2. The fourth-order valence-electron chi connectivity index (χ4n) is 3.08. The van der Waals surface area contributed by atoms with Crippen LogP contribution < -0.4 is 5.32 Å². The molecule has 2 heterocycles. The Morgan fingerprint density at radius 3 is 2.55 bits per heavy atom. The van der Waals surface area contributed by atoms with Crippen molar-refractivity contribution < 1.29 is 9.72 Å². The fourth-order valence-corrected chi connectivity index (χ4v) is 3.08. The molecule has 8 nitrogen and oxygen atoms in total. The summed E-state index contributed by atoms with van der Waals surface area (Å²) in [6.45, 7) is 0.755. The van der Waals surface area contributed by atoms with Crippen LogP contribution in [0.4, 0.5) is 5.69 Å². The highest BCUT2D eigenvalue weighted by molar-refractivity contribution is 6.04. The molecule has 0 atom stereocenters. The molecule has 0 spiro atoms. The van der Waals surface area contributed by atoms with Crippen LogP contribution in [0.1, 0.15) is 21.6 Å². The maximum absolute atomic E-state index is 12.7. The van der Waals surface area contributed by atoms with Crippen molar-refractivity contribution in [2.45, 2.75) is 13.1 Å². The van der Waals surface area contributed by atoms with E-state index in [4.69, 9.17) is 0 Å². The van der Waals surface area contributed by atoms with Crippen molar-refractivity contribution in [2.75, 3.05) is 0 Å². The third kappa shape index (κ3) is 3.96. The number of amides is 1. The number of fused-ring (bicyclic) bond motifs is 1. The second kappa shape index (κ2) is 7.89. The van der Waals surface area contributed by atoms with Gasteiger partial charge in [0.25, 0.3) is 11.6 Å². The number of carbonyl (C=O) groups is 1. The number of aromatic nitrogens is 3. The van der Waals surface area contributed by atoms with Gasteiger partial charge in [0.05, 0.1) is 17.0 Å². The second-order valence-electron chi connectivity index (χ2n) is 6.49. The second-order valence-corrected chi connectivity index (χ2v) is 6.49. The van der Waals surface area contributed by atoms with Gasteiger partial charge in [0.1, 0.15) is 0 Å². The van der Waals surface area contributed by atoms with Crippen molar-refractivity contribution in [3.05, 3.63) is 100.0 Å². The Hall–Kier alpha value is -4.07. The molecule has 0 saturated heterocycles. The number of non-ortho nitro benzene ring substituents is 1. The molecule has 0 aliphatic heterocycles. The molecule has 1 N–H and O–H groups in total. The van der Waals surface area contributed by atoms with Crippen LogP contribution in [0.15, 0.2) is 73.1 Å². The molecule has 4 rings (SSSR count). The average molecular weight is 387 g/mol. The van der Waals surface area contributed by atoms with E-state index in [1.54, 1.807) is 29.2 Å². The number of benzene rings is 2. The van der Waals surface area contributed by atoms with Crippen LogP contribution in [0.3, 0.4) is 0 Å². The minimum Gasteiger partial charge on any atom is -0.346 e. The number of hydrogen-bond acceptors (Lipinski definition) is 5. The first-order valence-corrected chi connectivity index (χ1v) is 8.98. The highest BCUT2D eigenvalue weighted by Gasteiger charge is 2.17. The van der Waals surface area contributed by atoms with E-state index >= 15 is 0 Å². The number of nitro groups is 1. The molecule has 0 saturated carbocycles. The minimum atomic E-state index is -0.433. The number of nitro benzene ring substituents is 1. The summed E-state index contributed by atoms with van der Waals surface area (Å²) < 4.78 is 1.73. The third-order valence-corrected chi connectivity index (χ3v) is 4.53. The van der Waals surface area contributed by atoms with Crippen molar-refractivity contribution in [2.24, 2.45) is 0 Å². The van der Waals surface area contributed by atoms with Crippen LogP contribution in [0.25, 0.3) is 10.9 Å². The largest absolute Gasteiger partial charge is 0.346 e. The molecule has 0 aliphatic rings. The van der Waals surface area contributed by atoms with Gasteiger partial charge in [-0.3, -0.25) is 24.6 Å². The molecule has 0 aliphatic carbocycles. The van der Waals surface area contributed by atoms with E-state index in [1.807, 2.05) is 36.4 Å². The number of para-hydroxylation sites is 1. The molecule has 144 valence electrons. The lowest BCUT2D eigenvalue weighted by Crippen LogP contribution is -2.23. The standard InChI is InChI=1S/C21H17N5O3/c27-21(23-13-16-4-3-11-22-12-16)20-18-5-1-2-6-19(18)25(24-20)14-15-7-9-17(10-8-15)26(28)29/h1-12H,13-14H2,(H,23,27). The van der Waals surface area contributed by atoms with Gasteiger partial charge in [-0.05, 0) is 23.3 Å². The third-order valence-electron chi connectivity index (χ3n) is 4.53. The summed E-state index contributed by atoms with van der Waals surface area (Å²) in [6, 6.07) is 17.5. The van der Waals surface area contributed by atoms with Crippen LogP contribution >= 0.6 is 0 Å². The predicted octanol–water partition coefficient (Wildman–Crippen LogP) is 3.32. The lowest BCUT2D eigenvalue weighted by atomic mass is 10.2. The van der Waals surface area contributed by atoms with E-state index in [1.165, 1.54) is 12.1 Å². The van der Waals surface area contributed by atoms with Crippen molar-refractivity contribution in [3.8, 4) is 0 Å². The first-order valence-electron chi connectivity index (χ1n) is 8.98.